The fourth-order valence-corrected chi connectivity index (χ4v) is 3.05. The van der Waals surface area contributed by atoms with E-state index in [1.54, 1.807) is 14.0 Å². The van der Waals surface area contributed by atoms with E-state index in [0.29, 0.717) is 18.5 Å². The molecule has 3 aromatic rings. The van der Waals surface area contributed by atoms with Crippen molar-refractivity contribution < 1.29 is 14.9 Å². The van der Waals surface area contributed by atoms with Gasteiger partial charge in [-0.05, 0) is 69.2 Å². The van der Waals surface area contributed by atoms with E-state index in [9.17, 15) is 5.11 Å². The first kappa shape index (κ1) is 19.1. The Morgan fingerprint density at radius 1 is 1.07 bits per heavy atom. The van der Waals surface area contributed by atoms with E-state index in [1.165, 1.54) is 5.56 Å². The Bertz CT molecular complexity index is 881. The monoisotopic (exact) mass is 366 g/mol. The van der Waals surface area contributed by atoms with Gasteiger partial charge in [-0.25, -0.2) is 4.68 Å². The number of aliphatic hydroxyl groups is 2. The largest absolute Gasteiger partial charge is 0.497 e. The van der Waals surface area contributed by atoms with Crippen molar-refractivity contribution in [2.45, 2.75) is 32.3 Å². The van der Waals surface area contributed by atoms with Gasteiger partial charge in [-0.2, -0.15) is 5.10 Å². The number of aryl methyl sites for hydroxylation is 1. The summed E-state index contributed by atoms with van der Waals surface area (Å²) in [5.74, 6) is 0.787. The van der Waals surface area contributed by atoms with Gasteiger partial charge in [0.05, 0.1) is 24.2 Å². The van der Waals surface area contributed by atoms with E-state index in [2.05, 4.69) is 0 Å². The average Bonchev–Trinajstić information content (AvgIpc) is 3.13. The fourth-order valence-electron chi connectivity index (χ4n) is 3.05. The number of hydrogen-bond donors (Lipinski definition) is 2. The van der Waals surface area contributed by atoms with Gasteiger partial charge in [0.2, 0.25) is 0 Å². The summed E-state index contributed by atoms with van der Waals surface area (Å²) in [7, 11) is 1.64. The molecule has 0 spiro atoms. The Morgan fingerprint density at radius 3 is 2.33 bits per heavy atom. The van der Waals surface area contributed by atoms with Gasteiger partial charge in [0.15, 0.2) is 0 Å². The summed E-state index contributed by atoms with van der Waals surface area (Å²) in [6.07, 6.45) is 0.957. The van der Waals surface area contributed by atoms with Crippen molar-refractivity contribution in [1.29, 1.82) is 0 Å². The minimum atomic E-state index is -1.11. The van der Waals surface area contributed by atoms with Gasteiger partial charge in [0, 0.05) is 12.2 Å². The van der Waals surface area contributed by atoms with Crippen molar-refractivity contribution in [2.75, 3.05) is 13.7 Å². The minimum Gasteiger partial charge on any atom is -0.497 e. The molecule has 0 aliphatic carbocycles. The molecule has 5 nitrogen and oxygen atoms in total. The van der Waals surface area contributed by atoms with Crippen LogP contribution in [-0.4, -0.2) is 33.7 Å². The minimum absolute atomic E-state index is 0.0418. The third-order valence-corrected chi connectivity index (χ3v) is 4.75. The third-order valence-electron chi connectivity index (χ3n) is 4.75. The molecule has 0 fully saturated rings. The molecule has 1 unspecified atom stereocenters. The van der Waals surface area contributed by atoms with Crippen molar-refractivity contribution >= 4 is 0 Å². The molecule has 2 aromatic carbocycles. The van der Waals surface area contributed by atoms with Crippen molar-refractivity contribution in [1.82, 2.24) is 9.78 Å². The summed E-state index contributed by atoms with van der Waals surface area (Å²) in [5, 5.41) is 24.7. The molecule has 1 aromatic heterocycles. The summed E-state index contributed by atoms with van der Waals surface area (Å²) >= 11 is 0. The zero-order valence-corrected chi connectivity index (χ0v) is 16.0. The molecule has 3 rings (SSSR count). The van der Waals surface area contributed by atoms with E-state index < -0.39 is 5.60 Å². The van der Waals surface area contributed by atoms with Crippen LogP contribution < -0.4 is 4.74 Å². The summed E-state index contributed by atoms with van der Waals surface area (Å²) < 4.78 is 7.10. The van der Waals surface area contributed by atoms with E-state index >= 15 is 0 Å². The highest BCUT2D eigenvalue weighted by atomic mass is 16.5. The number of ether oxygens (including phenoxy) is 1. The van der Waals surface area contributed by atoms with Gasteiger partial charge in [-0.1, -0.05) is 17.7 Å². The first-order chi connectivity index (χ1) is 12.9. The van der Waals surface area contributed by atoms with Crippen LogP contribution >= 0.6 is 0 Å². The number of aliphatic hydroxyl groups excluding tert-OH is 1. The van der Waals surface area contributed by atoms with Crippen molar-refractivity contribution in [2.24, 2.45) is 0 Å². The summed E-state index contributed by atoms with van der Waals surface area (Å²) in [5.41, 5.74) is 3.44. The molecule has 0 aliphatic rings. The third kappa shape index (κ3) is 4.21. The molecule has 0 aliphatic heterocycles. The highest BCUT2D eigenvalue weighted by Crippen LogP contribution is 2.32. The predicted octanol–water partition coefficient (Wildman–Crippen LogP) is 3.84. The van der Waals surface area contributed by atoms with E-state index in [-0.39, 0.29) is 6.61 Å². The maximum Gasteiger partial charge on any atom is 0.118 e. The molecule has 0 saturated carbocycles. The smallest absolute Gasteiger partial charge is 0.118 e. The number of benzene rings is 2. The zero-order chi connectivity index (χ0) is 19.4. The molecule has 0 amide bonds. The number of rotatable bonds is 7. The van der Waals surface area contributed by atoms with Crippen LogP contribution in [0.5, 0.6) is 5.75 Å². The zero-order valence-electron chi connectivity index (χ0n) is 16.0. The molecular weight excluding hydrogens is 340 g/mol. The molecule has 142 valence electrons. The lowest BCUT2D eigenvalue weighted by Gasteiger charge is -2.20. The SMILES string of the molecule is COc1ccc(-c2cc(C(C)(O)CCCO)nn2-c2ccc(C)cc2)cc1. The Labute approximate surface area is 159 Å². The van der Waals surface area contributed by atoms with Gasteiger partial charge in [-0.15, -0.1) is 0 Å². The van der Waals surface area contributed by atoms with E-state index in [4.69, 9.17) is 14.9 Å². The second-order valence-electron chi connectivity index (χ2n) is 6.99. The van der Waals surface area contributed by atoms with Crippen LogP contribution in [0.1, 0.15) is 31.0 Å². The summed E-state index contributed by atoms with van der Waals surface area (Å²) in [6.45, 7) is 3.82. The quantitative estimate of drug-likeness (QED) is 0.667. The summed E-state index contributed by atoms with van der Waals surface area (Å²) in [4.78, 5) is 0. The summed E-state index contributed by atoms with van der Waals surface area (Å²) in [6, 6.07) is 17.8. The Morgan fingerprint density at radius 2 is 1.74 bits per heavy atom. The van der Waals surface area contributed by atoms with Crippen molar-refractivity contribution in [3.63, 3.8) is 0 Å². The molecule has 0 radical (unpaired) electrons. The molecule has 2 N–H and O–H groups in total. The average molecular weight is 366 g/mol. The van der Waals surface area contributed by atoms with E-state index in [1.807, 2.05) is 66.2 Å². The van der Waals surface area contributed by atoms with Gasteiger partial charge < -0.3 is 14.9 Å². The lowest BCUT2D eigenvalue weighted by molar-refractivity contribution is 0.0357. The normalized spacial score (nSPS) is 13.4. The van der Waals surface area contributed by atoms with Crippen molar-refractivity contribution in [3.8, 4) is 22.7 Å². The maximum absolute atomic E-state index is 10.9. The highest BCUT2D eigenvalue weighted by Gasteiger charge is 2.27. The highest BCUT2D eigenvalue weighted by molar-refractivity contribution is 5.64. The maximum atomic E-state index is 10.9. The molecule has 0 bridgehead atoms. The Kier molecular flexibility index (Phi) is 5.63. The second kappa shape index (κ2) is 7.94. The second-order valence-corrected chi connectivity index (χ2v) is 6.99. The lowest BCUT2D eigenvalue weighted by atomic mass is 9.96. The number of aromatic nitrogens is 2. The first-order valence-corrected chi connectivity index (χ1v) is 9.10. The standard InChI is InChI=1S/C22H26N2O3/c1-16-5-9-18(10-6-16)24-20(17-7-11-19(27-3)12-8-17)15-21(23-24)22(2,26)13-4-14-25/h5-12,15,25-26H,4,13-14H2,1-3H3. The molecular formula is C22H26N2O3. The molecule has 5 heteroatoms. The molecule has 0 saturated heterocycles. The van der Waals surface area contributed by atoms with Crippen molar-refractivity contribution in [3.05, 3.63) is 65.9 Å². The van der Waals surface area contributed by atoms with Gasteiger partial charge in [0.1, 0.15) is 11.4 Å². The molecule has 27 heavy (non-hydrogen) atoms. The van der Waals surface area contributed by atoms with Crippen LogP contribution in [0.4, 0.5) is 0 Å². The fraction of sp³-hybridized carbons (Fsp3) is 0.318. The lowest BCUT2D eigenvalue weighted by Crippen LogP contribution is -2.22. The number of hydrogen-bond acceptors (Lipinski definition) is 4. The molecule has 1 atom stereocenters. The number of nitrogens with zero attached hydrogens (tertiary/aromatic N) is 2. The van der Waals surface area contributed by atoms with Crippen LogP contribution in [0.25, 0.3) is 16.9 Å². The van der Waals surface area contributed by atoms with Crippen LogP contribution in [0.2, 0.25) is 0 Å². The Hall–Kier alpha value is -2.63. The van der Waals surface area contributed by atoms with Gasteiger partial charge in [0.25, 0.3) is 0 Å². The predicted molar refractivity (Wildman–Crippen MR) is 106 cm³/mol. The molecule has 1 heterocycles. The van der Waals surface area contributed by atoms with Gasteiger partial charge in [-0.3, -0.25) is 0 Å². The van der Waals surface area contributed by atoms with Crippen LogP contribution in [0.15, 0.2) is 54.6 Å². The van der Waals surface area contributed by atoms with E-state index in [0.717, 1.165) is 22.7 Å². The van der Waals surface area contributed by atoms with Crippen LogP contribution in [0, 0.1) is 6.92 Å². The number of methoxy groups -OCH3 is 1. The van der Waals surface area contributed by atoms with Crippen LogP contribution in [0.3, 0.4) is 0 Å². The Balaban J connectivity index is 2.09. The topological polar surface area (TPSA) is 67.5 Å². The van der Waals surface area contributed by atoms with Gasteiger partial charge >= 0.3 is 0 Å². The first-order valence-electron chi connectivity index (χ1n) is 9.10. The van der Waals surface area contributed by atoms with Crippen LogP contribution in [-0.2, 0) is 5.60 Å².